The maximum atomic E-state index is 12.0. The molecule has 0 saturated heterocycles. The number of nitrogens with zero attached hydrogens (tertiary/aromatic N) is 1. The summed E-state index contributed by atoms with van der Waals surface area (Å²) < 4.78 is 0. The number of carboxylic acid groups (broad SMARTS) is 1. The first-order valence-corrected chi connectivity index (χ1v) is 6.40. The Bertz CT molecular complexity index is 531. The van der Waals surface area contributed by atoms with Crippen LogP contribution in [0.1, 0.15) is 37.9 Å². The average molecular weight is 274 g/mol. The number of nitriles is 1. The van der Waals surface area contributed by atoms with Crippen molar-refractivity contribution in [1.29, 1.82) is 5.26 Å². The number of amides is 1. The van der Waals surface area contributed by atoms with Crippen molar-refractivity contribution in [3.8, 4) is 6.07 Å². The van der Waals surface area contributed by atoms with Crippen LogP contribution < -0.4 is 5.32 Å². The quantitative estimate of drug-likeness (QED) is 0.860. The van der Waals surface area contributed by atoms with Gasteiger partial charge in [-0.25, -0.2) is 0 Å². The molecule has 0 heterocycles. The van der Waals surface area contributed by atoms with Crippen LogP contribution in [0.15, 0.2) is 24.3 Å². The molecule has 1 rings (SSSR count). The van der Waals surface area contributed by atoms with E-state index in [4.69, 9.17) is 10.4 Å². The van der Waals surface area contributed by atoms with Crippen LogP contribution in [0.2, 0.25) is 0 Å². The summed E-state index contributed by atoms with van der Waals surface area (Å²) >= 11 is 0. The van der Waals surface area contributed by atoms with E-state index in [1.54, 1.807) is 31.2 Å². The van der Waals surface area contributed by atoms with Crippen LogP contribution >= 0.6 is 0 Å². The molecule has 1 aromatic carbocycles. The normalized spacial score (nSPS) is 14.7. The van der Waals surface area contributed by atoms with Crippen LogP contribution in [0.5, 0.6) is 0 Å². The lowest BCUT2D eigenvalue weighted by Crippen LogP contribution is -2.36. The number of rotatable bonds is 5. The highest BCUT2D eigenvalue weighted by Gasteiger charge is 2.26. The molecule has 5 nitrogen and oxygen atoms in total. The Balaban J connectivity index is 2.69. The first-order chi connectivity index (χ1) is 9.36. The number of hydrogen-bond acceptors (Lipinski definition) is 3. The summed E-state index contributed by atoms with van der Waals surface area (Å²) in [5, 5.41) is 20.4. The van der Waals surface area contributed by atoms with E-state index in [2.05, 4.69) is 5.32 Å². The molecule has 0 fully saturated rings. The second-order valence-electron chi connectivity index (χ2n) is 4.88. The maximum Gasteiger partial charge on any atom is 0.307 e. The molecule has 1 amide bonds. The Kier molecular flexibility index (Phi) is 5.27. The number of aliphatic carboxylic acids is 1. The number of carbonyl (C=O) groups excluding carboxylic acids is 1. The summed E-state index contributed by atoms with van der Waals surface area (Å²) in [6.45, 7) is 4.93. The van der Waals surface area contributed by atoms with Gasteiger partial charge in [-0.15, -0.1) is 0 Å². The van der Waals surface area contributed by atoms with Gasteiger partial charge in [0, 0.05) is 5.92 Å². The molecule has 0 aliphatic rings. The first kappa shape index (κ1) is 15.7. The summed E-state index contributed by atoms with van der Waals surface area (Å²) in [6.07, 6.45) is 0. The molecular formula is C15H18N2O3. The highest BCUT2D eigenvalue weighted by molar-refractivity contribution is 5.84. The van der Waals surface area contributed by atoms with Crippen LogP contribution in [-0.2, 0) is 9.59 Å². The van der Waals surface area contributed by atoms with Crippen molar-refractivity contribution in [1.82, 2.24) is 5.32 Å². The molecule has 2 N–H and O–H groups in total. The van der Waals surface area contributed by atoms with Crippen LogP contribution in [0.25, 0.3) is 0 Å². The van der Waals surface area contributed by atoms with Gasteiger partial charge in [0.2, 0.25) is 5.91 Å². The number of carboxylic acids is 1. The third-order valence-electron chi connectivity index (χ3n) is 3.45. The van der Waals surface area contributed by atoms with Gasteiger partial charge in [0.15, 0.2) is 0 Å². The predicted octanol–water partition coefficient (Wildman–Crippen LogP) is 2.09. The first-order valence-electron chi connectivity index (χ1n) is 6.40. The van der Waals surface area contributed by atoms with E-state index in [0.717, 1.165) is 5.56 Å². The van der Waals surface area contributed by atoms with E-state index in [-0.39, 0.29) is 11.9 Å². The molecule has 0 saturated carbocycles. The van der Waals surface area contributed by atoms with Crippen LogP contribution in [0, 0.1) is 23.2 Å². The van der Waals surface area contributed by atoms with Gasteiger partial charge in [0.25, 0.3) is 0 Å². The topological polar surface area (TPSA) is 90.2 Å². The predicted molar refractivity (Wildman–Crippen MR) is 73.7 cm³/mol. The Morgan fingerprint density at radius 3 is 2.15 bits per heavy atom. The molecule has 0 aliphatic heterocycles. The number of hydrogen-bond donors (Lipinski definition) is 2. The molecule has 20 heavy (non-hydrogen) atoms. The Labute approximate surface area is 118 Å². The van der Waals surface area contributed by atoms with Crippen molar-refractivity contribution in [2.75, 3.05) is 0 Å². The Morgan fingerprint density at radius 1 is 1.15 bits per heavy atom. The lowest BCUT2D eigenvalue weighted by atomic mass is 9.94. The van der Waals surface area contributed by atoms with E-state index < -0.39 is 17.8 Å². The van der Waals surface area contributed by atoms with E-state index in [1.807, 2.05) is 13.0 Å². The summed E-state index contributed by atoms with van der Waals surface area (Å²) in [5.74, 6) is -2.62. The maximum absolute atomic E-state index is 12.0. The Morgan fingerprint density at radius 2 is 1.70 bits per heavy atom. The minimum atomic E-state index is -0.987. The third kappa shape index (κ3) is 3.82. The van der Waals surface area contributed by atoms with Gasteiger partial charge in [-0.1, -0.05) is 26.0 Å². The molecule has 5 heteroatoms. The fourth-order valence-electron chi connectivity index (χ4n) is 1.72. The molecule has 106 valence electrons. The monoisotopic (exact) mass is 274 g/mol. The zero-order chi connectivity index (χ0) is 15.3. The summed E-state index contributed by atoms with van der Waals surface area (Å²) in [6, 6.07) is 8.70. The van der Waals surface area contributed by atoms with E-state index in [0.29, 0.717) is 5.56 Å². The van der Waals surface area contributed by atoms with Crippen LogP contribution in [0.3, 0.4) is 0 Å². The smallest absolute Gasteiger partial charge is 0.307 e. The number of carbonyl (C=O) groups is 2. The van der Waals surface area contributed by atoms with E-state index in [1.165, 1.54) is 6.92 Å². The van der Waals surface area contributed by atoms with Gasteiger partial charge in [-0.3, -0.25) is 9.59 Å². The van der Waals surface area contributed by atoms with Gasteiger partial charge in [-0.2, -0.15) is 5.26 Å². The lowest BCUT2D eigenvalue weighted by molar-refractivity contribution is -0.146. The number of nitrogens with one attached hydrogen (secondary N) is 1. The van der Waals surface area contributed by atoms with E-state index in [9.17, 15) is 9.59 Å². The highest BCUT2D eigenvalue weighted by Crippen LogP contribution is 2.16. The summed E-state index contributed by atoms with van der Waals surface area (Å²) in [7, 11) is 0. The molecule has 3 unspecified atom stereocenters. The van der Waals surface area contributed by atoms with Gasteiger partial charge in [0.05, 0.1) is 23.6 Å². The molecule has 0 aliphatic carbocycles. The zero-order valence-electron chi connectivity index (χ0n) is 11.8. The number of benzene rings is 1. The van der Waals surface area contributed by atoms with Gasteiger partial charge in [-0.05, 0) is 24.6 Å². The summed E-state index contributed by atoms with van der Waals surface area (Å²) in [4.78, 5) is 22.8. The lowest BCUT2D eigenvalue weighted by Gasteiger charge is -2.20. The standard InChI is InChI=1S/C15H18N2O3/c1-9(10(2)15(19)20)14(18)17-11(3)13-6-4-12(8-16)5-7-13/h4-7,9-11H,1-3H3,(H,17,18)(H,19,20). The summed E-state index contributed by atoms with van der Waals surface area (Å²) in [5.41, 5.74) is 1.42. The second-order valence-corrected chi connectivity index (χ2v) is 4.88. The molecule has 3 atom stereocenters. The van der Waals surface area contributed by atoms with E-state index >= 15 is 0 Å². The van der Waals surface area contributed by atoms with Gasteiger partial charge < -0.3 is 10.4 Å². The third-order valence-corrected chi connectivity index (χ3v) is 3.45. The average Bonchev–Trinajstić information content (AvgIpc) is 2.45. The van der Waals surface area contributed by atoms with Gasteiger partial charge in [0.1, 0.15) is 0 Å². The largest absolute Gasteiger partial charge is 0.481 e. The fourth-order valence-corrected chi connectivity index (χ4v) is 1.72. The van der Waals surface area contributed by atoms with Gasteiger partial charge >= 0.3 is 5.97 Å². The minimum Gasteiger partial charge on any atom is -0.481 e. The van der Waals surface area contributed by atoms with Crippen molar-refractivity contribution in [2.45, 2.75) is 26.8 Å². The van der Waals surface area contributed by atoms with Crippen molar-refractivity contribution in [3.05, 3.63) is 35.4 Å². The molecule has 0 aromatic heterocycles. The van der Waals surface area contributed by atoms with Crippen LogP contribution in [-0.4, -0.2) is 17.0 Å². The molecular weight excluding hydrogens is 256 g/mol. The zero-order valence-corrected chi connectivity index (χ0v) is 11.8. The Hall–Kier alpha value is -2.35. The molecule has 0 bridgehead atoms. The minimum absolute atomic E-state index is 0.237. The van der Waals surface area contributed by atoms with Crippen molar-refractivity contribution < 1.29 is 14.7 Å². The highest BCUT2D eigenvalue weighted by atomic mass is 16.4. The molecule has 0 spiro atoms. The van der Waals surface area contributed by atoms with Crippen LogP contribution in [0.4, 0.5) is 0 Å². The fraction of sp³-hybridized carbons (Fsp3) is 0.400. The van der Waals surface area contributed by atoms with Crippen molar-refractivity contribution >= 4 is 11.9 Å². The second kappa shape index (κ2) is 6.71. The SMILES string of the molecule is CC(NC(=O)C(C)C(C)C(=O)O)c1ccc(C#N)cc1. The molecule has 0 radical (unpaired) electrons. The van der Waals surface area contributed by atoms with Crippen molar-refractivity contribution in [3.63, 3.8) is 0 Å². The van der Waals surface area contributed by atoms with Crippen molar-refractivity contribution in [2.24, 2.45) is 11.8 Å². The molecule has 1 aromatic rings.